The Morgan fingerprint density at radius 1 is 1.24 bits per heavy atom. The highest BCUT2D eigenvalue weighted by molar-refractivity contribution is 5.93. The van der Waals surface area contributed by atoms with Gasteiger partial charge in [-0.1, -0.05) is 12.1 Å². The number of aryl methyl sites for hydroxylation is 3. The van der Waals surface area contributed by atoms with Gasteiger partial charge in [-0.05, 0) is 68.4 Å². The number of nitrogens with one attached hydrogen (secondary N) is 2. The molecule has 33 heavy (non-hydrogen) atoms. The van der Waals surface area contributed by atoms with Crippen molar-refractivity contribution in [2.45, 2.75) is 52.1 Å². The van der Waals surface area contributed by atoms with E-state index in [-0.39, 0.29) is 17.5 Å². The molecule has 0 radical (unpaired) electrons. The lowest BCUT2D eigenvalue weighted by Crippen LogP contribution is -2.35. The standard InChI is InChI=1S/C26H31N5O2/c1-18-14-19(2)22(29-15-18)17-31(23-8-3-6-20-7-4-11-27-25(20)23)13-5-12-28-26(33)21-9-10-24(32)30-16-21/h4,7,9-11,14-16,23H,3,5-6,8,12-13,17H2,1-2H3,(H,28,33)(H,30,32). The van der Waals surface area contributed by atoms with Crippen LogP contribution in [0.1, 0.15) is 63.7 Å². The molecule has 7 nitrogen and oxygen atoms in total. The molecule has 1 atom stereocenters. The van der Waals surface area contributed by atoms with E-state index in [1.807, 2.05) is 18.5 Å². The van der Waals surface area contributed by atoms with Gasteiger partial charge in [0.2, 0.25) is 5.56 Å². The van der Waals surface area contributed by atoms with E-state index < -0.39 is 0 Å². The Hall–Kier alpha value is -3.32. The molecule has 2 N–H and O–H groups in total. The Morgan fingerprint density at radius 2 is 2.12 bits per heavy atom. The van der Waals surface area contributed by atoms with Crippen molar-refractivity contribution < 1.29 is 4.79 Å². The zero-order chi connectivity index (χ0) is 23.2. The average molecular weight is 446 g/mol. The molecule has 1 unspecified atom stereocenters. The van der Waals surface area contributed by atoms with Crippen LogP contribution >= 0.6 is 0 Å². The number of amides is 1. The molecule has 0 saturated heterocycles. The highest BCUT2D eigenvalue weighted by Crippen LogP contribution is 2.33. The molecular weight excluding hydrogens is 414 g/mol. The third-order valence-electron chi connectivity index (χ3n) is 6.24. The molecule has 7 heteroatoms. The second-order valence-electron chi connectivity index (χ2n) is 8.75. The summed E-state index contributed by atoms with van der Waals surface area (Å²) in [6, 6.07) is 9.53. The number of pyridine rings is 3. The fraction of sp³-hybridized carbons (Fsp3) is 0.385. The molecule has 0 aromatic carbocycles. The van der Waals surface area contributed by atoms with E-state index >= 15 is 0 Å². The number of aromatic nitrogens is 3. The molecule has 0 bridgehead atoms. The van der Waals surface area contributed by atoms with Gasteiger partial charge in [0.1, 0.15) is 0 Å². The molecule has 4 rings (SSSR count). The predicted molar refractivity (Wildman–Crippen MR) is 128 cm³/mol. The topological polar surface area (TPSA) is 91.0 Å². The van der Waals surface area contributed by atoms with Gasteiger partial charge in [-0.25, -0.2) is 0 Å². The molecule has 0 aliphatic heterocycles. The van der Waals surface area contributed by atoms with Gasteiger partial charge >= 0.3 is 0 Å². The lowest BCUT2D eigenvalue weighted by atomic mass is 9.90. The normalized spacial score (nSPS) is 15.3. The molecule has 3 aromatic rings. The minimum Gasteiger partial charge on any atom is -0.352 e. The van der Waals surface area contributed by atoms with Gasteiger partial charge in [-0.3, -0.25) is 24.5 Å². The van der Waals surface area contributed by atoms with E-state index in [0.29, 0.717) is 12.1 Å². The molecule has 1 aliphatic rings. The van der Waals surface area contributed by atoms with E-state index in [1.165, 1.54) is 35.2 Å². The van der Waals surface area contributed by atoms with Crippen molar-refractivity contribution in [2.24, 2.45) is 0 Å². The van der Waals surface area contributed by atoms with Crippen LogP contribution in [0.5, 0.6) is 0 Å². The summed E-state index contributed by atoms with van der Waals surface area (Å²) in [5.41, 5.74) is 6.19. The molecule has 0 spiro atoms. The Labute approximate surface area is 194 Å². The molecule has 3 aromatic heterocycles. The van der Waals surface area contributed by atoms with Crippen molar-refractivity contribution in [3.05, 3.63) is 92.9 Å². The first-order valence-electron chi connectivity index (χ1n) is 11.6. The van der Waals surface area contributed by atoms with Gasteiger partial charge in [0, 0.05) is 44.3 Å². The first-order valence-corrected chi connectivity index (χ1v) is 11.6. The van der Waals surface area contributed by atoms with Crippen LogP contribution in [0.3, 0.4) is 0 Å². The molecule has 172 valence electrons. The predicted octanol–water partition coefficient (Wildman–Crippen LogP) is 3.48. The number of H-pyrrole nitrogens is 1. The monoisotopic (exact) mass is 445 g/mol. The van der Waals surface area contributed by atoms with E-state index in [1.54, 1.807) is 0 Å². The Bertz CT molecular complexity index is 1150. The van der Waals surface area contributed by atoms with Crippen LogP contribution in [-0.4, -0.2) is 38.8 Å². The first-order chi connectivity index (χ1) is 16.0. The molecule has 1 amide bonds. The van der Waals surface area contributed by atoms with Crippen molar-refractivity contribution in [3.63, 3.8) is 0 Å². The second-order valence-corrected chi connectivity index (χ2v) is 8.75. The Kier molecular flexibility index (Phi) is 7.29. The van der Waals surface area contributed by atoms with Crippen molar-refractivity contribution in [2.75, 3.05) is 13.1 Å². The highest BCUT2D eigenvalue weighted by atomic mass is 16.1. The van der Waals surface area contributed by atoms with E-state index in [9.17, 15) is 9.59 Å². The van der Waals surface area contributed by atoms with Crippen molar-refractivity contribution >= 4 is 5.91 Å². The van der Waals surface area contributed by atoms with Gasteiger partial charge < -0.3 is 10.3 Å². The second kappa shape index (κ2) is 10.5. The largest absolute Gasteiger partial charge is 0.352 e. The smallest absolute Gasteiger partial charge is 0.252 e. The maximum Gasteiger partial charge on any atom is 0.252 e. The van der Waals surface area contributed by atoms with Crippen molar-refractivity contribution in [3.8, 4) is 0 Å². The average Bonchev–Trinajstić information content (AvgIpc) is 2.82. The van der Waals surface area contributed by atoms with Crippen molar-refractivity contribution in [1.29, 1.82) is 0 Å². The Balaban J connectivity index is 1.45. The molecule has 3 heterocycles. The first kappa shape index (κ1) is 22.9. The lowest BCUT2D eigenvalue weighted by Gasteiger charge is -2.35. The van der Waals surface area contributed by atoms with Gasteiger partial charge in [-0.15, -0.1) is 0 Å². The number of rotatable bonds is 8. The fourth-order valence-corrected chi connectivity index (χ4v) is 4.52. The maximum atomic E-state index is 12.4. The SMILES string of the molecule is Cc1cnc(CN(CCCNC(=O)c2ccc(=O)[nH]c2)C2CCCc3cccnc32)c(C)c1. The summed E-state index contributed by atoms with van der Waals surface area (Å²) >= 11 is 0. The molecule has 0 fully saturated rings. The number of hydrogen-bond acceptors (Lipinski definition) is 5. The summed E-state index contributed by atoms with van der Waals surface area (Å²) in [5, 5.41) is 2.96. The maximum absolute atomic E-state index is 12.4. The summed E-state index contributed by atoms with van der Waals surface area (Å²) in [6.07, 6.45) is 9.35. The van der Waals surface area contributed by atoms with E-state index in [2.05, 4.69) is 41.2 Å². The minimum atomic E-state index is -0.219. The summed E-state index contributed by atoms with van der Waals surface area (Å²) in [6.45, 7) is 6.30. The molecule has 1 aliphatic carbocycles. The quantitative estimate of drug-likeness (QED) is 0.518. The van der Waals surface area contributed by atoms with Crippen LogP contribution in [0.25, 0.3) is 0 Å². The summed E-state index contributed by atoms with van der Waals surface area (Å²) < 4.78 is 0. The Morgan fingerprint density at radius 3 is 2.91 bits per heavy atom. The van der Waals surface area contributed by atoms with Gasteiger partial charge in [0.15, 0.2) is 0 Å². The minimum absolute atomic E-state index is 0.182. The number of carbonyl (C=O) groups is 1. The third kappa shape index (κ3) is 5.73. The zero-order valence-corrected chi connectivity index (χ0v) is 19.3. The molecular formula is C26H31N5O2. The number of carbonyl (C=O) groups excluding carboxylic acids is 1. The number of fused-ring (bicyclic) bond motifs is 1. The van der Waals surface area contributed by atoms with Crippen LogP contribution in [0.15, 0.2) is 53.7 Å². The third-order valence-corrected chi connectivity index (χ3v) is 6.24. The van der Waals surface area contributed by atoms with Crippen LogP contribution in [0.4, 0.5) is 0 Å². The highest BCUT2D eigenvalue weighted by Gasteiger charge is 2.27. The molecule has 0 saturated carbocycles. The number of nitrogens with zero attached hydrogens (tertiary/aromatic N) is 3. The lowest BCUT2D eigenvalue weighted by molar-refractivity contribution is 0.0948. The fourth-order valence-electron chi connectivity index (χ4n) is 4.52. The van der Waals surface area contributed by atoms with E-state index in [4.69, 9.17) is 9.97 Å². The van der Waals surface area contributed by atoms with Gasteiger partial charge in [0.25, 0.3) is 5.91 Å². The number of hydrogen-bond donors (Lipinski definition) is 2. The number of aromatic amines is 1. The summed E-state index contributed by atoms with van der Waals surface area (Å²) in [5.74, 6) is -0.182. The van der Waals surface area contributed by atoms with Gasteiger partial charge in [0.05, 0.1) is 23.0 Å². The van der Waals surface area contributed by atoms with Crippen LogP contribution in [-0.2, 0) is 13.0 Å². The summed E-state index contributed by atoms with van der Waals surface area (Å²) in [7, 11) is 0. The zero-order valence-electron chi connectivity index (χ0n) is 19.3. The van der Waals surface area contributed by atoms with E-state index in [0.717, 1.165) is 50.0 Å². The van der Waals surface area contributed by atoms with Crippen LogP contribution < -0.4 is 10.9 Å². The van der Waals surface area contributed by atoms with Crippen LogP contribution in [0.2, 0.25) is 0 Å². The van der Waals surface area contributed by atoms with Crippen LogP contribution in [0, 0.1) is 13.8 Å². The van der Waals surface area contributed by atoms with Gasteiger partial charge in [-0.2, -0.15) is 0 Å². The van der Waals surface area contributed by atoms with Crippen molar-refractivity contribution in [1.82, 2.24) is 25.2 Å². The summed E-state index contributed by atoms with van der Waals surface area (Å²) in [4.78, 5) is 38.0.